The van der Waals surface area contributed by atoms with Crippen LogP contribution in [0.15, 0.2) is 18.2 Å². The van der Waals surface area contributed by atoms with E-state index >= 15 is 0 Å². The first kappa shape index (κ1) is 17.9. The average molecular weight is 336 g/mol. The number of carboxylic acid groups (broad SMARTS) is 1. The molecule has 1 unspecified atom stereocenters. The van der Waals surface area contributed by atoms with E-state index in [1.807, 2.05) is 12.1 Å². The fraction of sp³-hybridized carbons (Fsp3) is 0.529. The summed E-state index contributed by atoms with van der Waals surface area (Å²) in [5.74, 6) is -0.252. The SMILES string of the molecule is CC(C)(C)OC(=O)NC(COc1cc(C2CC2)ccc1N)C(=O)O. The lowest BCUT2D eigenvalue weighted by atomic mass is 10.1. The van der Waals surface area contributed by atoms with Crippen molar-refractivity contribution in [3.05, 3.63) is 23.8 Å². The second-order valence-electron chi connectivity index (χ2n) is 6.92. The molecule has 7 nitrogen and oxygen atoms in total. The van der Waals surface area contributed by atoms with Gasteiger partial charge < -0.3 is 25.6 Å². The van der Waals surface area contributed by atoms with E-state index in [2.05, 4.69) is 5.32 Å². The van der Waals surface area contributed by atoms with Gasteiger partial charge in [-0.15, -0.1) is 0 Å². The molecule has 1 aliphatic rings. The Morgan fingerprint density at radius 1 is 1.38 bits per heavy atom. The number of nitrogen functional groups attached to an aromatic ring is 1. The summed E-state index contributed by atoms with van der Waals surface area (Å²) in [6.07, 6.45) is 1.47. The van der Waals surface area contributed by atoms with Gasteiger partial charge in [0.05, 0.1) is 5.69 Å². The molecular weight excluding hydrogens is 312 g/mol. The number of alkyl carbamates (subject to hydrolysis) is 1. The van der Waals surface area contributed by atoms with Gasteiger partial charge in [-0.2, -0.15) is 0 Å². The molecule has 0 bridgehead atoms. The zero-order valence-corrected chi connectivity index (χ0v) is 14.2. The Hall–Kier alpha value is -2.44. The Bertz CT molecular complexity index is 620. The largest absolute Gasteiger partial charge is 0.489 e. The molecule has 1 saturated carbocycles. The second-order valence-corrected chi connectivity index (χ2v) is 6.92. The Balaban J connectivity index is 1.97. The van der Waals surface area contributed by atoms with Crippen molar-refractivity contribution >= 4 is 17.7 Å². The third-order valence-electron chi connectivity index (χ3n) is 3.48. The molecule has 1 atom stereocenters. The quantitative estimate of drug-likeness (QED) is 0.688. The zero-order valence-electron chi connectivity index (χ0n) is 14.2. The van der Waals surface area contributed by atoms with Gasteiger partial charge in [-0.3, -0.25) is 0 Å². The van der Waals surface area contributed by atoms with Gasteiger partial charge in [-0.1, -0.05) is 6.07 Å². The van der Waals surface area contributed by atoms with Gasteiger partial charge in [0, 0.05) is 0 Å². The number of ether oxygens (including phenoxy) is 2. The number of hydrogen-bond acceptors (Lipinski definition) is 5. The van der Waals surface area contributed by atoms with E-state index in [0.717, 1.165) is 18.4 Å². The number of carbonyl (C=O) groups is 2. The normalized spacial score (nSPS) is 15.5. The summed E-state index contributed by atoms with van der Waals surface area (Å²) >= 11 is 0. The van der Waals surface area contributed by atoms with Crippen LogP contribution >= 0.6 is 0 Å². The molecule has 0 saturated heterocycles. The van der Waals surface area contributed by atoms with Crippen molar-refractivity contribution in [2.45, 2.75) is 51.2 Å². The summed E-state index contributed by atoms with van der Waals surface area (Å²) in [6, 6.07) is 4.30. The number of carbonyl (C=O) groups excluding carboxylic acids is 1. The number of rotatable bonds is 6. The maximum Gasteiger partial charge on any atom is 0.408 e. The monoisotopic (exact) mass is 336 g/mol. The topological polar surface area (TPSA) is 111 Å². The van der Waals surface area contributed by atoms with Gasteiger partial charge >= 0.3 is 12.1 Å². The maximum atomic E-state index is 11.7. The third kappa shape index (κ3) is 5.33. The summed E-state index contributed by atoms with van der Waals surface area (Å²) in [5, 5.41) is 11.5. The lowest BCUT2D eigenvalue weighted by molar-refractivity contribution is -0.140. The number of aliphatic carboxylic acids is 1. The van der Waals surface area contributed by atoms with Crippen LogP contribution in [0.4, 0.5) is 10.5 Å². The Morgan fingerprint density at radius 3 is 2.58 bits per heavy atom. The van der Waals surface area contributed by atoms with E-state index in [1.54, 1.807) is 26.8 Å². The van der Waals surface area contributed by atoms with Crippen LogP contribution in [0.3, 0.4) is 0 Å². The van der Waals surface area contributed by atoms with Gasteiger partial charge in [0.2, 0.25) is 0 Å². The molecule has 24 heavy (non-hydrogen) atoms. The van der Waals surface area contributed by atoms with Gasteiger partial charge in [0.15, 0.2) is 6.04 Å². The first-order chi connectivity index (χ1) is 11.2. The van der Waals surface area contributed by atoms with E-state index in [4.69, 9.17) is 15.2 Å². The molecule has 1 aromatic carbocycles. The minimum absolute atomic E-state index is 0.243. The van der Waals surface area contributed by atoms with Crippen LogP contribution in [0.2, 0.25) is 0 Å². The van der Waals surface area contributed by atoms with Crippen LogP contribution in [-0.4, -0.2) is 35.4 Å². The molecule has 2 rings (SSSR count). The Kier molecular flexibility index (Phi) is 5.21. The Labute approximate surface area is 141 Å². The number of nitrogens with one attached hydrogen (secondary N) is 1. The van der Waals surface area contributed by atoms with Crippen molar-refractivity contribution < 1.29 is 24.2 Å². The van der Waals surface area contributed by atoms with E-state index < -0.39 is 23.7 Å². The maximum absolute atomic E-state index is 11.7. The second kappa shape index (κ2) is 6.98. The lowest BCUT2D eigenvalue weighted by Gasteiger charge is -2.22. The van der Waals surface area contributed by atoms with Gasteiger partial charge in [-0.05, 0) is 57.2 Å². The lowest BCUT2D eigenvalue weighted by Crippen LogP contribution is -2.46. The highest BCUT2D eigenvalue weighted by Gasteiger charge is 2.26. The highest BCUT2D eigenvalue weighted by molar-refractivity contribution is 5.80. The van der Waals surface area contributed by atoms with Crippen molar-refractivity contribution in [2.24, 2.45) is 0 Å². The summed E-state index contributed by atoms with van der Waals surface area (Å²) < 4.78 is 10.6. The van der Waals surface area contributed by atoms with Crippen LogP contribution < -0.4 is 15.8 Å². The predicted octanol–water partition coefficient (Wildman–Crippen LogP) is 2.50. The molecule has 132 valence electrons. The predicted molar refractivity (Wildman–Crippen MR) is 89.1 cm³/mol. The van der Waals surface area contributed by atoms with Crippen LogP contribution in [0.1, 0.15) is 45.1 Å². The first-order valence-corrected chi connectivity index (χ1v) is 7.90. The number of hydrogen-bond donors (Lipinski definition) is 3. The standard InChI is InChI=1S/C17H24N2O5/c1-17(2,3)24-16(22)19-13(15(20)21)9-23-14-8-11(10-4-5-10)6-7-12(14)18/h6-8,10,13H,4-5,9,18H2,1-3H3,(H,19,22)(H,20,21). The van der Waals surface area contributed by atoms with Crippen molar-refractivity contribution in [2.75, 3.05) is 12.3 Å². The van der Waals surface area contributed by atoms with Crippen LogP contribution in [0.25, 0.3) is 0 Å². The number of benzene rings is 1. The van der Waals surface area contributed by atoms with Crippen molar-refractivity contribution in [3.63, 3.8) is 0 Å². The first-order valence-electron chi connectivity index (χ1n) is 7.90. The average Bonchev–Trinajstić information content (AvgIpc) is 3.27. The molecule has 7 heteroatoms. The van der Waals surface area contributed by atoms with Gasteiger partial charge in [0.1, 0.15) is 18.0 Å². The van der Waals surface area contributed by atoms with E-state index in [1.165, 1.54) is 0 Å². The van der Waals surface area contributed by atoms with E-state index in [9.17, 15) is 14.7 Å². The minimum Gasteiger partial charge on any atom is -0.489 e. The van der Waals surface area contributed by atoms with Crippen molar-refractivity contribution in [3.8, 4) is 5.75 Å². The number of nitrogens with two attached hydrogens (primary N) is 1. The van der Waals surface area contributed by atoms with Gasteiger partial charge in [-0.25, -0.2) is 9.59 Å². The van der Waals surface area contributed by atoms with Crippen LogP contribution in [0.5, 0.6) is 5.75 Å². The fourth-order valence-corrected chi connectivity index (χ4v) is 2.14. The molecule has 0 aromatic heterocycles. The molecule has 1 amide bonds. The number of amides is 1. The molecule has 4 N–H and O–H groups in total. The van der Waals surface area contributed by atoms with E-state index in [0.29, 0.717) is 17.4 Å². The molecule has 0 spiro atoms. The molecule has 0 radical (unpaired) electrons. The smallest absolute Gasteiger partial charge is 0.408 e. The fourth-order valence-electron chi connectivity index (χ4n) is 2.14. The molecule has 1 aliphatic carbocycles. The Morgan fingerprint density at radius 2 is 2.04 bits per heavy atom. The summed E-state index contributed by atoms with van der Waals surface area (Å²) in [7, 11) is 0. The minimum atomic E-state index is -1.23. The summed E-state index contributed by atoms with van der Waals surface area (Å²) in [5.41, 5.74) is 6.72. The highest BCUT2D eigenvalue weighted by atomic mass is 16.6. The number of carboxylic acids is 1. The van der Waals surface area contributed by atoms with Crippen LogP contribution in [-0.2, 0) is 9.53 Å². The summed E-state index contributed by atoms with van der Waals surface area (Å²) in [6.45, 7) is 4.85. The molecule has 1 fully saturated rings. The van der Waals surface area contributed by atoms with Crippen LogP contribution in [0, 0.1) is 0 Å². The third-order valence-corrected chi connectivity index (χ3v) is 3.48. The molecule has 0 heterocycles. The highest BCUT2D eigenvalue weighted by Crippen LogP contribution is 2.42. The van der Waals surface area contributed by atoms with Gasteiger partial charge in [0.25, 0.3) is 0 Å². The zero-order chi connectivity index (χ0) is 17.9. The molecule has 1 aromatic rings. The number of anilines is 1. The molecular formula is C17H24N2O5. The van der Waals surface area contributed by atoms with Crippen molar-refractivity contribution in [1.29, 1.82) is 0 Å². The van der Waals surface area contributed by atoms with E-state index in [-0.39, 0.29) is 6.61 Å². The van der Waals surface area contributed by atoms with Crippen molar-refractivity contribution in [1.82, 2.24) is 5.32 Å². The molecule has 0 aliphatic heterocycles. The summed E-state index contributed by atoms with van der Waals surface area (Å²) in [4.78, 5) is 23.0.